The first-order valence-corrected chi connectivity index (χ1v) is 11.4. The second-order valence-electron chi connectivity index (χ2n) is 8.13. The van der Waals surface area contributed by atoms with Crippen molar-refractivity contribution in [1.82, 2.24) is 0 Å². The lowest BCUT2D eigenvalue weighted by Gasteiger charge is -2.18. The molecule has 3 aromatic carbocycles. The Kier molecular flexibility index (Phi) is 6.73. The van der Waals surface area contributed by atoms with E-state index in [4.69, 9.17) is 4.74 Å². The van der Waals surface area contributed by atoms with Crippen LogP contribution in [0.3, 0.4) is 0 Å². The van der Waals surface area contributed by atoms with Gasteiger partial charge in [0.05, 0.1) is 4.92 Å². The summed E-state index contributed by atoms with van der Waals surface area (Å²) in [5.41, 5.74) is 0.664. The highest BCUT2D eigenvalue weighted by Gasteiger charge is 2.39. The van der Waals surface area contributed by atoms with Gasteiger partial charge >= 0.3 is 5.97 Å². The van der Waals surface area contributed by atoms with Gasteiger partial charge in [0, 0.05) is 22.4 Å². The monoisotopic (exact) mass is 486 g/mol. The van der Waals surface area contributed by atoms with Crippen molar-refractivity contribution >= 4 is 34.8 Å². The average Bonchev–Trinajstić information content (AvgIpc) is 2.89. The van der Waals surface area contributed by atoms with Crippen LogP contribution in [0.15, 0.2) is 54.6 Å². The molecule has 0 aromatic heterocycles. The van der Waals surface area contributed by atoms with Gasteiger partial charge in [0.1, 0.15) is 11.1 Å². The zero-order chi connectivity index (χ0) is 26.0. The number of hydrogen-bond donors (Lipinski definition) is 1. The summed E-state index contributed by atoms with van der Waals surface area (Å²) < 4.78 is 5.07. The minimum atomic E-state index is -1.15. The molecule has 0 unspecified atom stereocenters. The molecule has 0 radical (unpaired) electrons. The topological polar surface area (TPSA) is 133 Å². The van der Waals surface area contributed by atoms with Crippen LogP contribution < -0.4 is 5.32 Å². The number of ether oxygens (including phenoxy) is 1. The van der Waals surface area contributed by atoms with Crippen LogP contribution in [0.5, 0.6) is 0 Å². The van der Waals surface area contributed by atoms with E-state index in [2.05, 4.69) is 5.32 Å². The van der Waals surface area contributed by atoms with Crippen molar-refractivity contribution in [2.45, 2.75) is 26.7 Å². The first kappa shape index (κ1) is 24.5. The van der Waals surface area contributed by atoms with Crippen molar-refractivity contribution < 1.29 is 28.8 Å². The first-order valence-electron chi connectivity index (χ1n) is 11.4. The number of nitrogens with zero attached hydrogens (tertiary/aromatic N) is 1. The number of hydrogen-bond acceptors (Lipinski definition) is 7. The van der Waals surface area contributed by atoms with Crippen molar-refractivity contribution in [1.29, 1.82) is 0 Å². The summed E-state index contributed by atoms with van der Waals surface area (Å²) in [5, 5.41) is 14.7. The van der Waals surface area contributed by atoms with Crippen LogP contribution in [0.2, 0.25) is 0 Å². The van der Waals surface area contributed by atoms with Gasteiger partial charge in [-0.2, -0.15) is 0 Å². The Balaban J connectivity index is 1.60. The predicted octanol–water partition coefficient (Wildman–Crippen LogP) is 4.29. The number of nitro benzene ring substituents is 1. The van der Waals surface area contributed by atoms with Crippen molar-refractivity contribution in [3.63, 3.8) is 0 Å². The third-order valence-electron chi connectivity index (χ3n) is 6.07. The van der Waals surface area contributed by atoms with Crippen LogP contribution in [0.1, 0.15) is 67.2 Å². The number of anilines is 1. The number of nitrogens with one attached hydrogen (secondary N) is 1. The standard InChI is InChI=1S/C27H22N2O7/c1-3-15-8-7-9-16(4-2)23(15)28-21(30)14-36-27(33)20-13-12-19-22(24(20)29(34)35)26(32)18-11-6-5-10-17(18)25(19)31/h5-13H,3-4,14H2,1-2H3,(H,28,30). The summed E-state index contributed by atoms with van der Waals surface area (Å²) in [6.07, 6.45) is 1.36. The minimum Gasteiger partial charge on any atom is -0.452 e. The lowest BCUT2D eigenvalue weighted by molar-refractivity contribution is -0.385. The minimum absolute atomic E-state index is 0.0179. The summed E-state index contributed by atoms with van der Waals surface area (Å²) in [7, 11) is 0. The number of benzene rings is 3. The Morgan fingerprint density at radius 1 is 0.861 bits per heavy atom. The highest BCUT2D eigenvalue weighted by Crippen LogP contribution is 2.35. The summed E-state index contributed by atoms with van der Waals surface area (Å²) in [6, 6.07) is 13.9. The van der Waals surface area contributed by atoms with E-state index in [9.17, 15) is 29.3 Å². The molecule has 0 saturated heterocycles. The number of nitro groups is 1. The molecule has 0 spiro atoms. The van der Waals surface area contributed by atoms with Gasteiger partial charge in [0.15, 0.2) is 12.4 Å². The highest BCUT2D eigenvalue weighted by atomic mass is 16.6. The molecular formula is C27H22N2O7. The molecule has 0 saturated carbocycles. The first-order chi connectivity index (χ1) is 17.3. The molecule has 0 bridgehead atoms. The van der Waals surface area contributed by atoms with E-state index in [1.807, 2.05) is 32.0 Å². The lowest BCUT2D eigenvalue weighted by Crippen LogP contribution is -2.25. The average molecular weight is 486 g/mol. The molecule has 1 amide bonds. The molecule has 1 aliphatic rings. The zero-order valence-electron chi connectivity index (χ0n) is 19.6. The molecule has 1 N–H and O–H groups in total. The zero-order valence-corrected chi connectivity index (χ0v) is 19.6. The number of fused-ring (bicyclic) bond motifs is 2. The van der Waals surface area contributed by atoms with E-state index in [1.54, 1.807) is 6.07 Å². The number of para-hydroxylation sites is 1. The fourth-order valence-electron chi connectivity index (χ4n) is 4.31. The van der Waals surface area contributed by atoms with Gasteiger partial charge in [0.2, 0.25) is 5.78 Å². The van der Waals surface area contributed by atoms with E-state index < -0.39 is 51.8 Å². The van der Waals surface area contributed by atoms with Crippen molar-refractivity contribution in [3.05, 3.63) is 104 Å². The quantitative estimate of drug-likeness (QED) is 0.234. The largest absolute Gasteiger partial charge is 0.452 e. The second kappa shape index (κ2) is 9.91. The highest BCUT2D eigenvalue weighted by molar-refractivity contribution is 6.30. The van der Waals surface area contributed by atoms with Gasteiger partial charge in [-0.1, -0.05) is 56.3 Å². The van der Waals surface area contributed by atoms with Crippen molar-refractivity contribution in [2.24, 2.45) is 0 Å². The molecule has 1 aliphatic carbocycles. The number of aryl methyl sites for hydroxylation is 2. The molecule has 0 atom stereocenters. The van der Waals surface area contributed by atoms with Crippen LogP contribution in [0.25, 0.3) is 0 Å². The van der Waals surface area contributed by atoms with Crippen LogP contribution in [0, 0.1) is 10.1 Å². The third-order valence-corrected chi connectivity index (χ3v) is 6.07. The van der Waals surface area contributed by atoms with E-state index >= 15 is 0 Å². The molecule has 9 heteroatoms. The Hall–Kier alpha value is -4.66. The predicted molar refractivity (Wildman–Crippen MR) is 131 cm³/mol. The van der Waals surface area contributed by atoms with Gasteiger partial charge in [0.25, 0.3) is 11.6 Å². The van der Waals surface area contributed by atoms with Gasteiger partial charge in [-0.25, -0.2) is 4.79 Å². The summed E-state index contributed by atoms with van der Waals surface area (Å²) >= 11 is 0. The number of carbonyl (C=O) groups excluding carboxylic acids is 4. The third kappa shape index (κ3) is 4.26. The number of amides is 1. The summed E-state index contributed by atoms with van der Waals surface area (Å²) in [4.78, 5) is 62.3. The number of esters is 1. The number of ketones is 2. The second-order valence-corrected chi connectivity index (χ2v) is 8.13. The van der Waals surface area contributed by atoms with Gasteiger partial charge in [-0.3, -0.25) is 24.5 Å². The molecule has 0 fully saturated rings. The fourth-order valence-corrected chi connectivity index (χ4v) is 4.31. The van der Waals surface area contributed by atoms with E-state index in [1.165, 1.54) is 24.3 Å². The Morgan fingerprint density at radius 2 is 1.47 bits per heavy atom. The lowest BCUT2D eigenvalue weighted by atomic mass is 9.82. The summed E-state index contributed by atoms with van der Waals surface area (Å²) in [5.74, 6) is -3.05. The molecular weight excluding hydrogens is 464 g/mol. The molecule has 4 rings (SSSR count). The van der Waals surface area contributed by atoms with Gasteiger partial charge in [-0.05, 0) is 36.1 Å². The van der Waals surface area contributed by atoms with Crippen LogP contribution in [0.4, 0.5) is 11.4 Å². The maximum atomic E-state index is 13.1. The maximum Gasteiger partial charge on any atom is 0.345 e. The Morgan fingerprint density at radius 3 is 2.06 bits per heavy atom. The number of carbonyl (C=O) groups is 4. The fraction of sp³-hybridized carbons (Fsp3) is 0.185. The summed E-state index contributed by atoms with van der Waals surface area (Å²) in [6.45, 7) is 3.21. The molecule has 9 nitrogen and oxygen atoms in total. The van der Waals surface area contributed by atoms with Gasteiger partial charge in [-0.15, -0.1) is 0 Å². The van der Waals surface area contributed by atoms with E-state index in [-0.39, 0.29) is 16.7 Å². The van der Waals surface area contributed by atoms with Crippen molar-refractivity contribution in [3.8, 4) is 0 Å². The van der Waals surface area contributed by atoms with Crippen LogP contribution >= 0.6 is 0 Å². The Bertz CT molecular complexity index is 1420. The van der Waals surface area contributed by atoms with E-state index in [0.717, 1.165) is 17.2 Å². The van der Waals surface area contributed by atoms with Crippen LogP contribution in [-0.2, 0) is 22.4 Å². The SMILES string of the molecule is CCc1cccc(CC)c1NC(=O)COC(=O)c1ccc2c(c1[N+](=O)[O-])C(=O)c1ccccc1C2=O. The van der Waals surface area contributed by atoms with E-state index in [0.29, 0.717) is 18.5 Å². The van der Waals surface area contributed by atoms with Gasteiger partial charge < -0.3 is 10.1 Å². The normalized spacial score (nSPS) is 11.9. The Labute approximate surface area is 206 Å². The smallest absolute Gasteiger partial charge is 0.345 e. The number of rotatable bonds is 7. The molecule has 182 valence electrons. The molecule has 0 aliphatic heterocycles. The van der Waals surface area contributed by atoms with Crippen LogP contribution in [-0.4, -0.2) is 35.0 Å². The molecule has 3 aromatic rings. The van der Waals surface area contributed by atoms with Crippen molar-refractivity contribution in [2.75, 3.05) is 11.9 Å². The molecule has 0 heterocycles. The maximum absolute atomic E-state index is 13.1. The molecule has 36 heavy (non-hydrogen) atoms.